The zero-order valence-corrected chi connectivity index (χ0v) is 24.2. The van der Waals surface area contributed by atoms with E-state index in [9.17, 15) is 9.90 Å². The molecule has 3 aliphatic rings. The van der Waals surface area contributed by atoms with Crippen LogP contribution in [0.4, 0.5) is 0 Å². The van der Waals surface area contributed by atoms with Gasteiger partial charge in [0.2, 0.25) is 0 Å². The van der Waals surface area contributed by atoms with E-state index in [-0.39, 0.29) is 12.5 Å². The molecule has 4 rings (SSSR count). The predicted octanol–water partition coefficient (Wildman–Crippen LogP) is 6.67. The highest BCUT2D eigenvalue weighted by Gasteiger charge is 2.38. The number of aliphatic hydroxyl groups excluding tert-OH is 1. The minimum absolute atomic E-state index is 0.00739. The molecule has 1 saturated heterocycles. The summed E-state index contributed by atoms with van der Waals surface area (Å²) in [5.74, 6) is 2.26. The Morgan fingerprint density at radius 3 is 2.61 bits per heavy atom. The van der Waals surface area contributed by atoms with Crippen molar-refractivity contribution in [2.45, 2.75) is 104 Å². The van der Waals surface area contributed by atoms with Crippen molar-refractivity contribution in [2.75, 3.05) is 13.2 Å². The average molecular weight is 541 g/mol. The molecule has 7 heteroatoms. The number of ketones is 1. The molecule has 1 aromatic heterocycles. The van der Waals surface area contributed by atoms with Gasteiger partial charge in [-0.15, -0.1) is 0 Å². The average Bonchev–Trinajstić information content (AvgIpc) is 3.07. The zero-order valence-electron chi connectivity index (χ0n) is 23.5. The molecule has 38 heavy (non-hydrogen) atoms. The molecule has 2 fully saturated rings. The molecule has 2 aliphatic heterocycles. The second-order valence-electron chi connectivity index (χ2n) is 11.7. The number of carbonyl (C=O) groups excluding carboxylic acids is 1. The highest BCUT2D eigenvalue weighted by atomic mass is 35.5. The number of amidine groups is 2. The molecular formula is C31H45ClN4O2. The monoisotopic (exact) mass is 540 g/mol. The van der Waals surface area contributed by atoms with E-state index in [0.29, 0.717) is 55.8 Å². The zero-order chi connectivity index (χ0) is 27.2. The molecule has 2 N–H and O–H groups in total. The Bertz CT molecular complexity index is 1100. The first-order valence-electron chi connectivity index (χ1n) is 14.7. The number of allylic oxidation sites excluding steroid dienone is 1. The molecule has 208 valence electrons. The van der Waals surface area contributed by atoms with E-state index >= 15 is 0 Å². The molecule has 0 radical (unpaired) electrons. The third-order valence-corrected chi connectivity index (χ3v) is 9.30. The lowest BCUT2D eigenvalue weighted by atomic mass is 9.88. The molecule has 3 atom stereocenters. The van der Waals surface area contributed by atoms with Gasteiger partial charge in [-0.05, 0) is 87.3 Å². The van der Waals surface area contributed by atoms with Gasteiger partial charge in [-0.2, -0.15) is 0 Å². The Morgan fingerprint density at radius 2 is 1.84 bits per heavy atom. The number of pyridine rings is 1. The second kappa shape index (κ2) is 13.3. The van der Waals surface area contributed by atoms with Crippen LogP contribution in [0.1, 0.15) is 99.9 Å². The number of hydrogen-bond donors (Lipinski definition) is 2. The summed E-state index contributed by atoms with van der Waals surface area (Å²) in [7, 11) is 0. The molecule has 0 spiro atoms. The van der Waals surface area contributed by atoms with Crippen LogP contribution in [-0.2, 0) is 17.8 Å². The minimum atomic E-state index is -0.00739. The van der Waals surface area contributed by atoms with Gasteiger partial charge in [0.25, 0.3) is 0 Å². The summed E-state index contributed by atoms with van der Waals surface area (Å²) >= 11 is 6.96. The summed E-state index contributed by atoms with van der Waals surface area (Å²) in [6.45, 7) is 7.99. The van der Waals surface area contributed by atoms with E-state index in [1.165, 1.54) is 16.7 Å². The molecule has 0 amide bonds. The summed E-state index contributed by atoms with van der Waals surface area (Å²) in [5.41, 5.74) is 5.78. The number of hydrogen-bond acceptors (Lipinski definition) is 5. The van der Waals surface area contributed by atoms with Crippen molar-refractivity contribution in [3.05, 3.63) is 39.2 Å². The summed E-state index contributed by atoms with van der Waals surface area (Å²) < 4.78 is 0. The van der Waals surface area contributed by atoms with Gasteiger partial charge in [0.05, 0.1) is 12.2 Å². The lowest BCUT2D eigenvalue weighted by Crippen LogP contribution is -2.27. The van der Waals surface area contributed by atoms with Gasteiger partial charge in [-0.25, -0.2) is 4.99 Å². The number of aromatic nitrogens is 1. The van der Waals surface area contributed by atoms with Crippen molar-refractivity contribution in [2.24, 2.45) is 22.7 Å². The number of aryl methyl sites for hydroxylation is 1. The number of Topliss-reactive ketones (excluding diaryl/α,β-unsaturated/α-hetero) is 1. The Morgan fingerprint density at radius 1 is 1.11 bits per heavy atom. The van der Waals surface area contributed by atoms with Gasteiger partial charge in [0.1, 0.15) is 17.5 Å². The standard InChI is InChI=1S/C31H45ClN4O2/c1-4-26-20(2)16-34-28(21(26)3)18-36-17-24(30-27(32)10-5-6-11-29(33)35-31(30)36)15-25(38)14-22-8-7-9-23(19-37)13-12-22/h16,22-24,33,37H,4-15,17-19H2,1-3H3. The topological polar surface area (TPSA) is 89.6 Å². The van der Waals surface area contributed by atoms with Crippen LogP contribution in [0.3, 0.4) is 0 Å². The van der Waals surface area contributed by atoms with Gasteiger partial charge >= 0.3 is 0 Å². The normalized spacial score (nSPS) is 24.9. The summed E-state index contributed by atoms with van der Waals surface area (Å²) in [6.07, 6.45) is 12.5. The van der Waals surface area contributed by atoms with Crippen molar-refractivity contribution >= 4 is 29.1 Å². The number of aliphatic hydroxyl groups is 1. The van der Waals surface area contributed by atoms with Crippen LogP contribution < -0.4 is 0 Å². The fraction of sp³-hybridized carbons (Fsp3) is 0.677. The third kappa shape index (κ3) is 6.93. The minimum Gasteiger partial charge on any atom is -0.396 e. The van der Waals surface area contributed by atoms with Gasteiger partial charge in [0.15, 0.2) is 0 Å². The lowest BCUT2D eigenvalue weighted by Gasteiger charge is -2.21. The maximum Gasteiger partial charge on any atom is 0.135 e. The van der Waals surface area contributed by atoms with Crippen LogP contribution in [0, 0.1) is 37.0 Å². The smallest absolute Gasteiger partial charge is 0.135 e. The molecule has 3 heterocycles. The van der Waals surface area contributed by atoms with Crippen LogP contribution in [0.2, 0.25) is 0 Å². The Hall–Kier alpha value is -2.05. The van der Waals surface area contributed by atoms with E-state index in [0.717, 1.165) is 79.9 Å². The fourth-order valence-electron chi connectivity index (χ4n) is 6.69. The molecule has 1 aliphatic carbocycles. The molecule has 6 nitrogen and oxygen atoms in total. The largest absolute Gasteiger partial charge is 0.396 e. The molecular weight excluding hydrogens is 496 g/mol. The summed E-state index contributed by atoms with van der Waals surface area (Å²) in [6, 6.07) is 0. The Labute approximate surface area is 233 Å². The quantitative estimate of drug-likeness (QED) is 0.360. The van der Waals surface area contributed by atoms with Crippen molar-refractivity contribution in [3.8, 4) is 0 Å². The summed E-state index contributed by atoms with van der Waals surface area (Å²) in [4.78, 5) is 25.2. The van der Waals surface area contributed by atoms with Crippen molar-refractivity contribution in [3.63, 3.8) is 0 Å². The maximum atomic E-state index is 13.4. The van der Waals surface area contributed by atoms with Crippen LogP contribution in [-0.4, -0.2) is 45.6 Å². The number of fused-ring (bicyclic) bond motifs is 1. The van der Waals surface area contributed by atoms with E-state index in [4.69, 9.17) is 27.0 Å². The lowest BCUT2D eigenvalue weighted by molar-refractivity contribution is -0.120. The number of nitrogens with zero attached hydrogens (tertiary/aromatic N) is 3. The van der Waals surface area contributed by atoms with Gasteiger partial charge in [-0.1, -0.05) is 31.4 Å². The van der Waals surface area contributed by atoms with Gasteiger partial charge < -0.3 is 10.0 Å². The van der Waals surface area contributed by atoms with Crippen molar-refractivity contribution < 1.29 is 9.90 Å². The van der Waals surface area contributed by atoms with Crippen LogP contribution in [0.5, 0.6) is 0 Å². The van der Waals surface area contributed by atoms with E-state index in [2.05, 4.69) is 25.7 Å². The second-order valence-corrected chi connectivity index (χ2v) is 12.2. The maximum absolute atomic E-state index is 13.4. The van der Waals surface area contributed by atoms with E-state index in [1.54, 1.807) is 0 Å². The van der Waals surface area contributed by atoms with Crippen LogP contribution >= 0.6 is 11.6 Å². The number of halogens is 1. The number of likely N-dealkylation sites (tertiary alicyclic amines) is 1. The Kier molecular flexibility index (Phi) is 10.2. The molecule has 3 unspecified atom stereocenters. The third-order valence-electron chi connectivity index (χ3n) is 8.91. The molecule has 1 aromatic rings. The molecule has 0 bridgehead atoms. The highest BCUT2D eigenvalue weighted by Crippen LogP contribution is 2.37. The number of nitrogens with one attached hydrogen (secondary N) is 1. The van der Waals surface area contributed by atoms with Gasteiger partial charge in [-0.3, -0.25) is 15.2 Å². The van der Waals surface area contributed by atoms with Crippen molar-refractivity contribution in [1.82, 2.24) is 9.88 Å². The fourth-order valence-corrected chi connectivity index (χ4v) is 7.07. The SMILES string of the molecule is CCc1c(C)cnc(CN2CC(CC(=O)CC3CCCC(CO)CC3)C3=C(Cl)CCCCC(=N)N=C32)c1C. The Balaban J connectivity index is 1.57. The number of rotatable bonds is 8. The van der Waals surface area contributed by atoms with Crippen LogP contribution in [0.15, 0.2) is 21.8 Å². The van der Waals surface area contributed by atoms with Crippen LogP contribution in [0.25, 0.3) is 0 Å². The first-order chi connectivity index (χ1) is 18.3. The van der Waals surface area contributed by atoms with Crippen molar-refractivity contribution in [1.29, 1.82) is 5.41 Å². The predicted molar refractivity (Wildman–Crippen MR) is 155 cm³/mol. The molecule has 1 saturated carbocycles. The first-order valence-corrected chi connectivity index (χ1v) is 15.0. The molecule has 0 aromatic carbocycles. The highest BCUT2D eigenvalue weighted by molar-refractivity contribution is 6.32. The number of carbonyl (C=O) groups is 1. The first kappa shape index (κ1) is 28.9. The van der Waals surface area contributed by atoms with E-state index < -0.39 is 0 Å². The summed E-state index contributed by atoms with van der Waals surface area (Å²) in [5, 5.41) is 18.9. The van der Waals surface area contributed by atoms with Gasteiger partial charge in [0, 0.05) is 55.1 Å². The van der Waals surface area contributed by atoms with E-state index in [1.807, 2.05) is 6.20 Å². The number of aliphatic imine (C=N–C) groups is 1.